The lowest BCUT2D eigenvalue weighted by atomic mass is 10.1. The third-order valence-corrected chi connectivity index (χ3v) is 4.87. The van der Waals surface area contributed by atoms with Crippen molar-refractivity contribution < 1.29 is 19.8 Å². The van der Waals surface area contributed by atoms with E-state index in [4.69, 9.17) is 10.2 Å². The van der Waals surface area contributed by atoms with Gasteiger partial charge in [-0.25, -0.2) is 9.78 Å². The summed E-state index contributed by atoms with van der Waals surface area (Å²) in [5.41, 5.74) is 2.31. The van der Waals surface area contributed by atoms with Crippen LogP contribution in [0.5, 0.6) is 0 Å². The second kappa shape index (κ2) is 6.73. The minimum Gasteiger partial charge on any atom is -0.481 e. The standard InChI is InChI=1S/C14H13NO4S2/c1-8-12(14(18)19)21-13(15-8)10-5-3-2-4-9(10)6-20-7-11(16)17/h2-5H,6-7H2,1H3,(H,16,17)(H,18,19). The van der Waals surface area contributed by atoms with Gasteiger partial charge in [0.15, 0.2) is 0 Å². The van der Waals surface area contributed by atoms with Gasteiger partial charge >= 0.3 is 11.9 Å². The highest BCUT2D eigenvalue weighted by molar-refractivity contribution is 7.99. The molecule has 0 spiro atoms. The molecule has 0 aliphatic rings. The summed E-state index contributed by atoms with van der Waals surface area (Å²) in [6.07, 6.45) is 0. The second-order valence-corrected chi connectivity index (χ2v) is 6.27. The summed E-state index contributed by atoms with van der Waals surface area (Å²) >= 11 is 2.44. The number of hydrogen-bond donors (Lipinski definition) is 2. The van der Waals surface area contributed by atoms with Crippen LogP contribution in [-0.2, 0) is 10.5 Å². The van der Waals surface area contributed by atoms with Crippen molar-refractivity contribution >= 4 is 35.0 Å². The zero-order valence-corrected chi connectivity index (χ0v) is 12.8. The van der Waals surface area contributed by atoms with Gasteiger partial charge in [-0.05, 0) is 12.5 Å². The number of aromatic nitrogens is 1. The second-order valence-electron chi connectivity index (χ2n) is 4.28. The number of carboxylic acid groups (broad SMARTS) is 2. The van der Waals surface area contributed by atoms with E-state index < -0.39 is 11.9 Å². The maximum atomic E-state index is 11.1. The number of benzene rings is 1. The highest BCUT2D eigenvalue weighted by Crippen LogP contribution is 2.32. The quantitative estimate of drug-likeness (QED) is 0.849. The Labute approximate surface area is 129 Å². The lowest BCUT2D eigenvalue weighted by molar-refractivity contribution is -0.133. The van der Waals surface area contributed by atoms with Crippen LogP contribution in [0.4, 0.5) is 0 Å². The van der Waals surface area contributed by atoms with Crippen molar-refractivity contribution in [3.63, 3.8) is 0 Å². The number of rotatable bonds is 6. The number of aliphatic carboxylic acids is 1. The van der Waals surface area contributed by atoms with Crippen molar-refractivity contribution in [1.82, 2.24) is 4.98 Å². The molecule has 1 heterocycles. The topological polar surface area (TPSA) is 87.5 Å². The summed E-state index contributed by atoms with van der Waals surface area (Å²) in [7, 11) is 0. The Morgan fingerprint density at radius 1 is 1.29 bits per heavy atom. The van der Waals surface area contributed by atoms with Crippen LogP contribution in [0.2, 0.25) is 0 Å². The van der Waals surface area contributed by atoms with Gasteiger partial charge in [0.2, 0.25) is 0 Å². The number of thioether (sulfide) groups is 1. The SMILES string of the molecule is Cc1nc(-c2ccccc2CSCC(=O)O)sc1C(=O)O. The Morgan fingerprint density at radius 2 is 2.00 bits per heavy atom. The molecule has 5 nitrogen and oxygen atoms in total. The number of carboxylic acids is 2. The summed E-state index contributed by atoms with van der Waals surface area (Å²) < 4.78 is 0. The first-order chi connectivity index (χ1) is 9.99. The van der Waals surface area contributed by atoms with E-state index in [9.17, 15) is 9.59 Å². The average molecular weight is 323 g/mol. The smallest absolute Gasteiger partial charge is 0.347 e. The Bertz CT molecular complexity index is 681. The number of aryl methyl sites for hydroxylation is 1. The van der Waals surface area contributed by atoms with Crippen molar-refractivity contribution in [2.24, 2.45) is 0 Å². The number of hydrogen-bond acceptors (Lipinski definition) is 5. The van der Waals surface area contributed by atoms with Crippen LogP contribution >= 0.6 is 23.1 Å². The van der Waals surface area contributed by atoms with Crippen LogP contribution in [0.25, 0.3) is 10.6 Å². The lowest BCUT2D eigenvalue weighted by Gasteiger charge is -2.05. The fourth-order valence-corrected chi connectivity index (χ4v) is 3.53. The van der Waals surface area contributed by atoms with Gasteiger partial charge in [-0.2, -0.15) is 0 Å². The van der Waals surface area contributed by atoms with Crippen molar-refractivity contribution in [1.29, 1.82) is 0 Å². The molecular formula is C14H13NO4S2. The van der Waals surface area contributed by atoms with Gasteiger partial charge in [-0.1, -0.05) is 24.3 Å². The molecule has 0 bridgehead atoms. The van der Waals surface area contributed by atoms with Gasteiger partial charge in [0.05, 0.1) is 11.4 Å². The highest BCUT2D eigenvalue weighted by atomic mass is 32.2. The maximum Gasteiger partial charge on any atom is 0.347 e. The normalized spacial score (nSPS) is 10.5. The van der Waals surface area contributed by atoms with Crippen LogP contribution in [0.15, 0.2) is 24.3 Å². The molecule has 2 aromatic rings. The molecule has 0 fully saturated rings. The van der Waals surface area contributed by atoms with E-state index in [1.165, 1.54) is 11.8 Å². The van der Waals surface area contributed by atoms with Crippen molar-refractivity contribution in [2.45, 2.75) is 12.7 Å². The van der Waals surface area contributed by atoms with Crippen molar-refractivity contribution in [2.75, 3.05) is 5.75 Å². The number of aromatic carboxylic acids is 1. The summed E-state index contributed by atoms with van der Waals surface area (Å²) in [5.74, 6) is -1.25. The van der Waals surface area contributed by atoms with E-state index in [-0.39, 0.29) is 10.6 Å². The first kappa shape index (κ1) is 15.5. The van der Waals surface area contributed by atoms with E-state index >= 15 is 0 Å². The zero-order chi connectivity index (χ0) is 15.4. The number of carbonyl (C=O) groups is 2. The van der Waals surface area contributed by atoms with Crippen LogP contribution in [0, 0.1) is 6.92 Å². The summed E-state index contributed by atoms with van der Waals surface area (Å²) in [5, 5.41) is 18.4. The molecule has 0 aliphatic heterocycles. The Hall–Kier alpha value is -1.86. The third kappa shape index (κ3) is 3.83. The Balaban J connectivity index is 2.29. The summed E-state index contributed by atoms with van der Waals surface area (Å²) in [4.78, 5) is 26.2. The lowest BCUT2D eigenvalue weighted by Crippen LogP contribution is -1.98. The molecule has 1 aromatic heterocycles. The van der Waals surface area contributed by atoms with Gasteiger partial charge in [-0.3, -0.25) is 4.79 Å². The fourth-order valence-electron chi connectivity index (χ4n) is 1.81. The molecule has 2 N–H and O–H groups in total. The Kier molecular flexibility index (Phi) is 4.98. The van der Waals surface area contributed by atoms with Crippen LogP contribution < -0.4 is 0 Å². The molecule has 0 atom stereocenters. The molecule has 0 aliphatic carbocycles. The van der Waals surface area contributed by atoms with Crippen molar-refractivity contribution in [3.05, 3.63) is 40.4 Å². The highest BCUT2D eigenvalue weighted by Gasteiger charge is 2.16. The fraction of sp³-hybridized carbons (Fsp3) is 0.214. The zero-order valence-electron chi connectivity index (χ0n) is 11.2. The molecule has 0 saturated carbocycles. The number of thiazole rings is 1. The minimum atomic E-state index is -0.978. The van der Waals surface area contributed by atoms with E-state index in [1.54, 1.807) is 6.92 Å². The van der Waals surface area contributed by atoms with Crippen LogP contribution in [-0.4, -0.2) is 32.9 Å². The molecule has 0 amide bonds. The summed E-state index contributed by atoms with van der Waals surface area (Å²) in [6.45, 7) is 1.67. The minimum absolute atomic E-state index is 0.0333. The van der Waals surface area contributed by atoms with E-state index in [0.29, 0.717) is 16.5 Å². The predicted molar refractivity (Wildman–Crippen MR) is 83.0 cm³/mol. The van der Waals surface area contributed by atoms with Crippen molar-refractivity contribution in [3.8, 4) is 10.6 Å². The Morgan fingerprint density at radius 3 is 2.62 bits per heavy atom. The molecule has 7 heteroatoms. The monoisotopic (exact) mass is 323 g/mol. The molecule has 0 radical (unpaired) electrons. The molecule has 0 unspecified atom stereocenters. The van der Waals surface area contributed by atoms with Gasteiger partial charge in [0, 0.05) is 11.3 Å². The van der Waals surface area contributed by atoms with E-state index in [0.717, 1.165) is 22.5 Å². The molecule has 0 saturated heterocycles. The van der Waals surface area contributed by atoms with Gasteiger partial charge in [-0.15, -0.1) is 23.1 Å². The van der Waals surface area contributed by atoms with E-state index in [2.05, 4.69) is 4.98 Å². The average Bonchev–Trinajstić information content (AvgIpc) is 2.81. The van der Waals surface area contributed by atoms with Crippen LogP contribution in [0.3, 0.4) is 0 Å². The number of nitrogens with zero attached hydrogens (tertiary/aromatic N) is 1. The summed E-state index contributed by atoms with van der Waals surface area (Å²) in [6, 6.07) is 7.51. The van der Waals surface area contributed by atoms with Gasteiger partial charge in [0.1, 0.15) is 9.88 Å². The first-order valence-electron chi connectivity index (χ1n) is 6.07. The van der Waals surface area contributed by atoms with Gasteiger partial charge < -0.3 is 10.2 Å². The largest absolute Gasteiger partial charge is 0.481 e. The maximum absolute atomic E-state index is 11.1. The molecule has 1 aromatic carbocycles. The molecule has 2 rings (SSSR count). The first-order valence-corrected chi connectivity index (χ1v) is 8.04. The molecule has 21 heavy (non-hydrogen) atoms. The van der Waals surface area contributed by atoms with Crippen LogP contribution in [0.1, 0.15) is 20.9 Å². The molecule has 110 valence electrons. The predicted octanol–water partition coefficient (Wildman–Crippen LogP) is 3.13. The molecular weight excluding hydrogens is 310 g/mol. The van der Waals surface area contributed by atoms with E-state index in [1.807, 2.05) is 24.3 Å². The third-order valence-electron chi connectivity index (χ3n) is 2.72. The van der Waals surface area contributed by atoms with Gasteiger partial charge in [0.25, 0.3) is 0 Å².